The molecular weight excluding hydrogens is 442 g/mol. The number of nitrogens with zero attached hydrogens (tertiary/aromatic N) is 5. The maximum Gasteiger partial charge on any atom is 0.253 e. The lowest BCUT2D eigenvalue weighted by Gasteiger charge is -2.33. The number of nitrogens with two attached hydrogens (primary N) is 1. The molecular formula is C26H29N7O2. The lowest BCUT2D eigenvalue weighted by molar-refractivity contribution is 0.100. The second-order valence-electron chi connectivity index (χ2n) is 9.27. The molecule has 5 rings (SSSR count). The fourth-order valence-corrected chi connectivity index (χ4v) is 4.67. The van der Waals surface area contributed by atoms with Crippen LogP contribution in [0.2, 0.25) is 0 Å². The van der Waals surface area contributed by atoms with Crippen LogP contribution in [0, 0.1) is 13.8 Å². The second kappa shape index (κ2) is 8.99. The molecule has 3 aromatic heterocycles. The van der Waals surface area contributed by atoms with Crippen molar-refractivity contribution in [2.24, 2.45) is 5.73 Å². The third kappa shape index (κ3) is 4.42. The summed E-state index contributed by atoms with van der Waals surface area (Å²) in [5, 5.41) is 0. The van der Waals surface area contributed by atoms with Gasteiger partial charge < -0.3 is 25.1 Å². The highest BCUT2D eigenvalue weighted by atomic mass is 16.1. The fraction of sp³-hybridized carbons (Fsp3) is 0.308. The Bertz CT molecular complexity index is 1460. The summed E-state index contributed by atoms with van der Waals surface area (Å²) < 4.78 is 1.88. The quantitative estimate of drug-likeness (QED) is 0.462. The van der Waals surface area contributed by atoms with Crippen LogP contribution in [0.1, 0.15) is 27.2 Å². The molecule has 1 amide bonds. The van der Waals surface area contributed by atoms with E-state index in [9.17, 15) is 9.59 Å². The van der Waals surface area contributed by atoms with Gasteiger partial charge in [-0.2, -0.15) is 0 Å². The van der Waals surface area contributed by atoms with Gasteiger partial charge in [0.15, 0.2) is 0 Å². The van der Waals surface area contributed by atoms with Crippen molar-refractivity contribution in [1.82, 2.24) is 24.4 Å². The SMILES string of the molecule is Cc1cc(C)c(Cn2cnc3c(C(N)=O)cc(-c4ccc(N5CCN(C)CC5)nc4)cc32)c(=O)[nH]1. The highest BCUT2D eigenvalue weighted by Crippen LogP contribution is 2.28. The molecule has 0 aliphatic carbocycles. The van der Waals surface area contributed by atoms with Gasteiger partial charge in [-0.05, 0) is 62.4 Å². The molecule has 1 aliphatic rings. The molecule has 35 heavy (non-hydrogen) atoms. The molecule has 3 N–H and O–H groups in total. The molecule has 0 bridgehead atoms. The molecule has 4 aromatic rings. The minimum atomic E-state index is -0.548. The molecule has 0 spiro atoms. The molecule has 9 nitrogen and oxygen atoms in total. The molecule has 4 heterocycles. The molecule has 0 radical (unpaired) electrons. The average Bonchev–Trinajstić information content (AvgIpc) is 3.24. The van der Waals surface area contributed by atoms with Gasteiger partial charge >= 0.3 is 0 Å². The normalized spacial score (nSPS) is 14.5. The number of nitrogens with one attached hydrogen (secondary N) is 1. The number of amides is 1. The number of pyridine rings is 2. The summed E-state index contributed by atoms with van der Waals surface area (Å²) in [5.74, 6) is 0.394. The van der Waals surface area contributed by atoms with E-state index in [-0.39, 0.29) is 5.56 Å². The van der Waals surface area contributed by atoms with Gasteiger partial charge in [0.2, 0.25) is 0 Å². The van der Waals surface area contributed by atoms with E-state index in [0.29, 0.717) is 23.2 Å². The standard InChI is InChI=1S/C26H29N7O2/c1-16-10-17(2)30-26(35)21(16)14-33-15-29-24-20(25(27)34)11-19(12-22(24)33)18-4-5-23(28-13-18)32-8-6-31(3)7-9-32/h4-5,10-13,15H,6-9,14H2,1-3H3,(H2,27,34)(H,30,35). The number of imidazole rings is 1. The number of anilines is 1. The summed E-state index contributed by atoms with van der Waals surface area (Å²) in [6, 6.07) is 9.71. The third-order valence-electron chi connectivity index (χ3n) is 6.72. The first kappa shape index (κ1) is 22.8. The van der Waals surface area contributed by atoms with E-state index in [1.807, 2.05) is 48.9 Å². The summed E-state index contributed by atoms with van der Waals surface area (Å²) in [6.45, 7) is 8.02. The maximum absolute atomic E-state index is 12.6. The van der Waals surface area contributed by atoms with Crippen molar-refractivity contribution in [2.75, 3.05) is 38.1 Å². The van der Waals surface area contributed by atoms with E-state index >= 15 is 0 Å². The van der Waals surface area contributed by atoms with Crippen LogP contribution in [0.15, 0.2) is 47.7 Å². The van der Waals surface area contributed by atoms with Crippen LogP contribution >= 0.6 is 0 Å². The average molecular weight is 472 g/mol. The number of benzene rings is 1. The number of piperazine rings is 1. The summed E-state index contributed by atoms with van der Waals surface area (Å²) in [6.07, 6.45) is 3.48. The van der Waals surface area contributed by atoms with E-state index in [1.165, 1.54) is 0 Å². The van der Waals surface area contributed by atoms with Gasteiger partial charge in [-0.15, -0.1) is 0 Å². The van der Waals surface area contributed by atoms with Gasteiger partial charge in [-0.3, -0.25) is 9.59 Å². The van der Waals surface area contributed by atoms with E-state index in [1.54, 1.807) is 12.4 Å². The molecule has 0 unspecified atom stereocenters. The van der Waals surface area contributed by atoms with Gasteiger partial charge in [0.25, 0.3) is 11.5 Å². The van der Waals surface area contributed by atoms with Crippen LogP contribution in [-0.2, 0) is 6.54 Å². The van der Waals surface area contributed by atoms with Crippen LogP contribution in [-0.4, -0.2) is 63.6 Å². The van der Waals surface area contributed by atoms with Crippen molar-refractivity contribution in [3.05, 3.63) is 75.6 Å². The minimum absolute atomic E-state index is 0.126. The number of likely N-dealkylation sites (N-methyl/N-ethyl adjacent to an activating group) is 1. The van der Waals surface area contributed by atoms with Crippen molar-refractivity contribution >= 4 is 22.8 Å². The zero-order valence-corrected chi connectivity index (χ0v) is 20.2. The first-order valence-electron chi connectivity index (χ1n) is 11.7. The summed E-state index contributed by atoms with van der Waals surface area (Å²) in [4.78, 5) is 41.5. The Morgan fingerprint density at radius 3 is 2.49 bits per heavy atom. The molecule has 0 atom stereocenters. The Hall–Kier alpha value is -3.98. The van der Waals surface area contributed by atoms with Crippen LogP contribution in [0.5, 0.6) is 0 Å². The van der Waals surface area contributed by atoms with Crippen molar-refractivity contribution in [2.45, 2.75) is 20.4 Å². The van der Waals surface area contributed by atoms with Crippen LogP contribution in [0.3, 0.4) is 0 Å². The Morgan fingerprint density at radius 2 is 1.83 bits per heavy atom. The smallest absolute Gasteiger partial charge is 0.253 e. The number of hydrogen-bond donors (Lipinski definition) is 2. The lowest BCUT2D eigenvalue weighted by Crippen LogP contribution is -2.44. The van der Waals surface area contributed by atoms with E-state index in [0.717, 1.165) is 59.9 Å². The molecule has 0 saturated carbocycles. The largest absolute Gasteiger partial charge is 0.366 e. The number of hydrogen-bond acceptors (Lipinski definition) is 6. The first-order valence-corrected chi connectivity index (χ1v) is 11.7. The topological polar surface area (TPSA) is 113 Å². The molecule has 1 aromatic carbocycles. The van der Waals surface area contributed by atoms with Crippen molar-refractivity contribution in [3.8, 4) is 11.1 Å². The molecule has 1 aliphatic heterocycles. The number of carbonyl (C=O) groups excluding carboxylic acids is 1. The number of rotatable bonds is 5. The van der Waals surface area contributed by atoms with Gasteiger partial charge in [-0.1, -0.05) is 0 Å². The predicted molar refractivity (Wildman–Crippen MR) is 137 cm³/mol. The summed E-state index contributed by atoms with van der Waals surface area (Å²) >= 11 is 0. The number of fused-ring (bicyclic) bond motifs is 1. The van der Waals surface area contributed by atoms with Crippen molar-refractivity contribution in [3.63, 3.8) is 0 Å². The molecule has 1 fully saturated rings. The van der Waals surface area contributed by atoms with Crippen molar-refractivity contribution in [1.29, 1.82) is 0 Å². The third-order valence-corrected chi connectivity index (χ3v) is 6.72. The monoisotopic (exact) mass is 471 g/mol. The number of aryl methyl sites for hydroxylation is 2. The number of primary amides is 1. The second-order valence-corrected chi connectivity index (χ2v) is 9.27. The number of aromatic amines is 1. The summed E-state index contributed by atoms with van der Waals surface area (Å²) in [5.41, 5.74) is 11.3. The maximum atomic E-state index is 12.6. The van der Waals surface area contributed by atoms with Crippen LogP contribution < -0.4 is 16.2 Å². The highest BCUT2D eigenvalue weighted by Gasteiger charge is 2.18. The Labute approximate surface area is 203 Å². The first-order chi connectivity index (χ1) is 16.8. The van der Waals surface area contributed by atoms with E-state index < -0.39 is 5.91 Å². The van der Waals surface area contributed by atoms with Crippen LogP contribution in [0.4, 0.5) is 5.82 Å². The predicted octanol–water partition coefficient (Wildman–Crippen LogP) is 2.30. The zero-order valence-electron chi connectivity index (χ0n) is 20.2. The summed E-state index contributed by atoms with van der Waals surface area (Å²) in [7, 11) is 2.13. The van der Waals surface area contributed by atoms with Gasteiger partial charge in [-0.25, -0.2) is 9.97 Å². The van der Waals surface area contributed by atoms with Crippen molar-refractivity contribution < 1.29 is 4.79 Å². The number of H-pyrrole nitrogens is 1. The Kier molecular flexibility index (Phi) is 5.86. The number of carbonyl (C=O) groups is 1. The minimum Gasteiger partial charge on any atom is -0.366 e. The van der Waals surface area contributed by atoms with Crippen LogP contribution in [0.25, 0.3) is 22.2 Å². The van der Waals surface area contributed by atoms with E-state index in [2.05, 4.69) is 26.8 Å². The zero-order chi connectivity index (χ0) is 24.7. The molecule has 9 heteroatoms. The van der Waals surface area contributed by atoms with E-state index in [4.69, 9.17) is 10.7 Å². The van der Waals surface area contributed by atoms with Gasteiger partial charge in [0.05, 0.1) is 24.0 Å². The lowest BCUT2D eigenvalue weighted by atomic mass is 10.0. The highest BCUT2D eigenvalue weighted by molar-refractivity contribution is 6.06. The van der Waals surface area contributed by atoms with Gasteiger partial charge in [0.1, 0.15) is 11.3 Å². The Morgan fingerprint density at radius 1 is 1.06 bits per heavy atom. The fourth-order valence-electron chi connectivity index (χ4n) is 4.67. The number of aromatic nitrogens is 4. The van der Waals surface area contributed by atoms with Gasteiger partial charge in [0, 0.05) is 49.2 Å². The molecule has 1 saturated heterocycles. The molecule has 180 valence electrons. The Balaban J connectivity index is 1.53.